The molecule has 0 bridgehead atoms. The lowest BCUT2D eigenvalue weighted by Crippen LogP contribution is -2.44. The number of hydrogen-bond donors (Lipinski definition) is 1. The Bertz CT molecular complexity index is 374. The summed E-state index contributed by atoms with van der Waals surface area (Å²) >= 11 is 0. The first kappa shape index (κ1) is 16.5. The molecule has 1 saturated heterocycles. The summed E-state index contributed by atoms with van der Waals surface area (Å²) in [4.78, 5) is 2.65. The Labute approximate surface area is 129 Å². The van der Waals surface area contributed by atoms with E-state index < -0.39 is 0 Å². The first-order valence-corrected chi connectivity index (χ1v) is 8.43. The van der Waals surface area contributed by atoms with Crippen LogP contribution in [0.5, 0.6) is 0 Å². The standard InChI is InChI=1S/C18H30N2O/c1-2-17(15-16-7-4-3-5-8-16)20-12-9-18(10-13-20)21-14-6-11-19/h3-5,7-8,17-18H,2,6,9-15,19H2,1H3. The number of nitrogens with zero attached hydrogens (tertiary/aromatic N) is 1. The zero-order valence-corrected chi connectivity index (χ0v) is 13.3. The van der Waals surface area contributed by atoms with Crippen molar-refractivity contribution in [2.24, 2.45) is 5.73 Å². The van der Waals surface area contributed by atoms with Crippen molar-refractivity contribution < 1.29 is 4.74 Å². The van der Waals surface area contributed by atoms with Crippen molar-refractivity contribution in [3.63, 3.8) is 0 Å². The second kappa shape index (κ2) is 9.19. The normalized spacial score (nSPS) is 18.8. The zero-order chi connectivity index (χ0) is 14.9. The predicted octanol–water partition coefficient (Wildman–Crippen LogP) is 2.84. The Balaban J connectivity index is 1.76. The predicted molar refractivity (Wildman–Crippen MR) is 88.4 cm³/mol. The monoisotopic (exact) mass is 290 g/mol. The van der Waals surface area contributed by atoms with E-state index in [2.05, 4.69) is 42.2 Å². The molecule has 0 amide bonds. The Kier molecular flexibility index (Phi) is 7.20. The molecule has 1 heterocycles. The van der Waals surface area contributed by atoms with Gasteiger partial charge in [-0.25, -0.2) is 0 Å². The van der Waals surface area contributed by atoms with Crippen molar-refractivity contribution in [2.45, 2.75) is 51.2 Å². The van der Waals surface area contributed by atoms with E-state index in [-0.39, 0.29) is 0 Å². The Morgan fingerprint density at radius 1 is 1.24 bits per heavy atom. The highest BCUT2D eigenvalue weighted by molar-refractivity contribution is 5.16. The van der Waals surface area contributed by atoms with Crippen LogP contribution in [0.25, 0.3) is 0 Å². The Morgan fingerprint density at radius 3 is 2.57 bits per heavy atom. The van der Waals surface area contributed by atoms with Crippen LogP contribution in [0.15, 0.2) is 30.3 Å². The average Bonchev–Trinajstić information content (AvgIpc) is 2.55. The van der Waals surface area contributed by atoms with E-state index in [1.54, 1.807) is 0 Å². The van der Waals surface area contributed by atoms with Gasteiger partial charge >= 0.3 is 0 Å². The molecule has 1 aliphatic heterocycles. The molecule has 0 radical (unpaired) electrons. The van der Waals surface area contributed by atoms with Gasteiger partial charge in [0.2, 0.25) is 0 Å². The summed E-state index contributed by atoms with van der Waals surface area (Å²) in [6.07, 6.45) is 6.13. The lowest BCUT2D eigenvalue weighted by atomic mass is 9.99. The maximum atomic E-state index is 5.90. The average molecular weight is 290 g/mol. The van der Waals surface area contributed by atoms with Crippen molar-refractivity contribution in [1.29, 1.82) is 0 Å². The lowest BCUT2D eigenvalue weighted by Gasteiger charge is -2.37. The fourth-order valence-electron chi connectivity index (χ4n) is 3.16. The summed E-state index contributed by atoms with van der Waals surface area (Å²) in [5.74, 6) is 0. The third-order valence-corrected chi connectivity index (χ3v) is 4.48. The molecule has 2 rings (SSSR count). The van der Waals surface area contributed by atoms with Crippen LogP contribution in [0.1, 0.15) is 38.2 Å². The lowest BCUT2D eigenvalue weighted by molar-refractivity contribution is -0.00257. The minimum absolute atomic E-state index is 0.446. The SMILES string of the molecule is CCC(Cc1ccccc1)N1CCC(OCCCN)CC1. The van der Waals surface area contributed by atoms with E-state index >= 15 is 0 Å². The molecule has 0 spiro atoms. The molecule has 1 atom stereocenters. The highest BCUT2D eigenvalue weighted by Crippen LogP contribution is 2.20. The number of nitrogens with two attached hydrogens (primary N) is 1. The molecular weight excluding hydrogens is 260 g/mol. The first-order valence-electron chi connectivity index (χ1n) is 8.43. The molecule has 1 aliphatic rings. The topological polar surface area (TPSA) is 38.5 Å². The number of piperidine rings is 1. The molecule has 21 heavy (non-hydrogen) atoms. The van der Waals surface area contributed by atoms with E-state index in [1.807, 2.05) is 0 Å². The third-order valence-electron chi connectivity index (χ3n) is 4.48. The van der Waals surface area contributed by atoms with Crippen LogP contribution in [0, 0.1) is 0 Å². The van der Waals surface area contributed by atoms with Gasteiger partial charge in [-0.15, -0.1) is 0 Å². The van der Waals surface area contributed by atoms with Crippen molar-refractivity contribution in [2.75, 3.05) is 26.2 Å². The summed E-state index contributed by atoms with van der Waals surface area (Å²) < 4.78 is 5.90. The molecule has 2 N–H and O–H groups in total. The molecule has 1 unspecified atom stereocenters. The van der Waals surface area contributed by atoms with Crippen molar-refractivity contribution in [3.05, 3.63) is 35.9 Å². The number of benzene rings is 1. The van der Waals surface area contributed by atoms with Gasteiger partial charge in [0.25, 0.3) is 0 Å². The summed E-state index contributed by atoms with van der Waals surface area (Å²) in [5, 5.41) is 0. The molecule has 1 aromatic carbocycles. The summed E-state index contributed by atoms with van der Waals surface area (Å²) in [6.45, 7) is 6.19. The van der Waals surface area contributed by atoms with Gasteiger partial charge in [0, 0.05) is 25.7 Å². The van der Waals surface area contributed by atoms with E-state index in [9.17, 15) is 0 Å². The van der Waals surface area contributed by atoms with Crippen LogP contribution in [0.2, 0.25) is 0 Å². The van der Waals surface area contributed by atoms with Crippen molar-refractivity contribution in [3.8, 4) is 0 Å². The number of hydrogen-bond acceptors (Lipinski definition) is 3. The van der Waals surface area contributed by atoms with Gasteiger partial charge in [0.1, 0.15) is 0 Å². The van der Waals surface area contributed by atoms with E-state index in [1.165, 1.54) is 25.1 Å². The fraction of sp³-hybridized carbons (Fsp3) is 0.667. The van der Waals surface area contributed by atoms with Gasteiger partial charge in [-0.3, -0.25) is 4.90 Å². The van der Waals surface area contributed by atoms with E-state index in [0.717, 1.165) is 38.8 Å². The summed E-state index contributed by atoms with van der Waals surface area (Å²) in [7, 11) is 0. The number of ether oxygens (including phenoxy) is 1. The van der Waals surface area contributed by atoms with Crippen LogP contribution in [-0.2, 0) is 11.2 Å². The van der Waals surface area contributed by atoms with Crippen molar-refractivity contribution in [1.82, 2.24) is 4.90 Å². The van der Waals surface area contributed by atoms with Gasteiger partial charge < -0.3 is 10.5 Å². The maximum absolute atomic E-state index is 5.90. The first-order chi connectivity index (χ1) is 10.3. The van der Waals surface area contributed by atoms with Crippen LogP contribution in [-0.4, -0.2) is 43.3 Å². The van der Waals surface area contributed by atoms with Crippen LogP contribution >= 0.6 is 0 Å². The van der Waals surface area contributed by atoms with Gasteiger partial charge in [-0.05, 0) is 44.2 Å². The smallest absolute Gasteiger partial charge is 0.0599 e. The van der Waals surface area contributed by atoms with Gasteiger partial charge in [-0.2, -0.15) is 0 Å². The minimum atomic E-state index is 0.446. The molecule has 3 nitrogen and oxygen atoms in total. The van der Waals surface area contributed by atoms with Crippen LogP contribution in [0.4, 0.5) is 0 Å². The second-order valence-corrected chi connectivity index (χ2v) is 6.00. The number of likely N-dealkylation sites (tertiary alicyclic amines) is 1. The molecule has 0 aliphatic carbocycles. The molecule has 0 saturated carbocycles. The molecular formula is C18H30N2O. The molecule has 0 aromatic heterocycles. The molecule has 1 aromatic rings. The molecule has 1 fully saturated rings. The minimum Gasteiger partial charge on any atom is -0.378 e. The highest BCUT2D eigenvalue weighted by atomic mass is 16.5. The Morgan fingerprint density at radius 2 is 1.95 bits per heavy atom. The Hall–Kier alpha value is -0.900. The summed E-state index contributed by atoms with van der Waals surface area (Å²) in [5.41, 5.74) is 6.96. The highest BCUT2D eigenvalue weighted by Gasteiger charge is 2.24. The van der Waals surface area contributed by atoms with Crippen LogP contribution in [0.3, 0.4) is 0 Å². The molecule has 118 valence electrons. The van der Waals surface area contributed by atoms with E-state index in [0.29, 0.717) is 12.1 Å². The van der Waals surface area contributed by atoms with Crippen molar-refractivity contribution >= 4 is 0 Å². The summed E-state index contributed by atoms with van der Waals surface area (Å²) in [6, 6.07) is 11.5. The van der Waals surface area contributed by atoms with Gasteiger partial charge in [-0.1, -0.05) is 37.3 Å². The quantitative estimate of drug-likeness (QED) is 0.748. The largest absolute Gasteiger partial charge is 0.378 e. The van der Waals surface area contributed by atoms with E-state index in [4.69, 9.17) is 10.5 Å². The molecule has 3 heteroatoms. The third kappa shape index (κ3) is 5.42. The second-order valence-electron chi connectivity index (χ2n) is 6.00. The number of rotatable bonds is 8. The zero-order valence-electron chi connectivity index (χ0n) is 13.3. The maximum Gasteiger partial charge on any atom is 0.0599 e. The van der Waals surface area contributed by atoms with Gasteiger partial charge in [0.15, 0.2) is 0 Å². The van der Waals surface area contributed by atoms with Gasteiger partial charge in [0.05, 0.1) is 6.10 Å². The fourth-order valence-corrected chi connectivity index (χ4v) is 3.16. The van der Waals surface area contributed by atoms with Crippen LogP contribution < -0.4 is 5.73 Å².